The predicted octanol–water partition coefficient (Wildman–Crippen LogP) is 1.68. The Labute approximate surface area is 187 Å². The van der Waals surface area contributed by atoms with E-state index in [1.54, 1.807) is 4.90 Å². The highest BCUT2D eigenvalue weighted by Gasteiger charge is 2.50. The molecule has 1 aromatic carbocycles. The van der Waals surface area contributed by atoms with Gasteiger partial charge in [0.1, 0.15) is 12.2 Å². The molecule has 13 nitrogen and oxygen atoms in total. The fraction of sp³-hybridized carbons (Fsp3) is 0.500. The molecule has 3 fully saturated rings. The lowest BCUT2D eigenvalue weighted by atomic mass is 9.80. The summed E-state index contributed by atoms with van der Waals surface area (Å²) in [5.41, 5.74) is 2.19. The smallest absolute Gasteiger partial charge is 0.301 e. The molecule has 174 valence electrons. The van der Waals surface area contributed by atoms with Gasteiger partial charge in [-0.3, -0.25) is 44.9 Å². The summed E-state index contributed by atoms with van der Waals surface area (Å²) in [4.78, 5) is 61.4. The molecule has 3 amide bonds. The fourth-order valence-corrected chi connectivity index (χ4v) is 4.56. The number of fused-ring (bicyclic) bond motifs is 1. The third kappa shape index (κ3) is 4.38. The van der Waals surface area contributed by atoms with Crippen LogP contribution in [0.4, 0.5) is 17.1 Å². The lowest BCUT2D eigenvalue weighted by Gasteiger charge is -2.22. The summed E-state index contributed by atoms with van der Waals surface area (Å²) in [6, 6.07) is 3.16. The molecule has 4 rings (SSSR count). The molecule has 2 saturated heterocycles. The van der Waals surface area contributed by atoms with E-state index in [2.05, 4.69) is 10.5 Å². The molecular weight excluding hydrogens is 436 g/mol. The second-order valence-electron chi connectivity index (χ2n) is 8.31. The van der Waals surface area contributed by atoms with Crippen LogP contribution in [0, 0.1) is 32.1 Å². The van der Waals surface area contributed by atoms with Gasteiger partial charge in [-0.05, 0) is 38.2 Å². The van der Waals surface area contributed by atoms with E-state index in [0.29, 0.717) is 31.6 Å². The van der Waals surface area contributed by atoms with Crippen LogP contribution in [-0.4, -0.2) is 62.7 Å². The molecule has 1 aromatic rings. The first kappa shape index (κ1) is 22.3. The number of nitro benzene ring substituents is 2. The molecule has 0 aromatic heterocycles. The molecule has 33 heavy (non-hydrogen) atoms. The molecule has 2 heterocycles. The number of amides is 3. The molecule has 2 unspecified atom stereocenters. The van der Waals surface area contributed by atoms with Crippen LogP contribution < -0.4 is 5.43 Å². The zero-order chi connectivity index (χ0) is 23.7. The lowest BCUT2D eigenvalue weighted by molar-refractivity contribution is -0.393. The molecule has 0 bridgehead atoms. The Kier molecular flexibility index (Phi) is 6.03. The summed E-state index contributed by atoms with van der Waals surface area (Å²) < 4.78 is 0. The van der Waals surface area contributed by atoms with Crippen molar-refractivity contribution in [3.8, 4) is 0 Å². The Hall–Kier alpha value is -3.90. The number of benzene rings is 1. The molecule has 2 atom stereocenters. The van der Waals surface area contributed by atoms with Gasteiger partial charge in [-0.1, -0.05) is 0 Å². The summed E-state index contributed by atoms with van der Waals surface area (Å²) in [5.74, 6) is -2.09. The highest BCUT2D eigenvalue weighted by molar-refractivity contribution is 6.09. The Morgan fingerprint density at radius 2 is 1.79 bits per heavy atom. The van der Waals surface area contributed by atoms with Crippen LogP contribution in [0.15, 0.2) is 23.3 Å². The highest BCUT2D eigenvalue weighted by Crippen LogP contribution is 2.37. The van der Waals surface area contributed by atoms with Gasteiger partial charge >= 0.3 is 5.69 Å². The number of imide groups is 1. The quantitative estimate of drug-likeness (QED) is 0.381. The van der Waals surface area contributed by atoms with Crippen molar-refractivity contribution in [3.63, 3.8) is 0 Å². The van der Waals surface area contributed by atoms with Crippen LogP contribution in [0.25, 0.3) is 0 Å². The van der Waals surface area contributed by atoms with Gasteiger partial charge in [0.05, 0.1) is 27.7 Å². The number of anilines is 1. The summed E-state index contributed by atoms with van der Waals surface area (Å²) >= 11 is 0. The maximum Gasteiger partial charge on any atom is 0.301 e. The van der Waals surface area contributed by atoms with Gasteiger partial charge in [0, 0.05) is 24.9 Å². The highest BCUT2D eigenvalue weighted by atomic mass is 16.6. The van der Waals surface area contributed by atoms with Gasteiger partial charge in [-0.2, -0.15) is 5.10 Å². The number of hydrogen-bond acceptors (Lipinski definition) is 9. The zero-order valence-electron chi connectivity index (χ0n) is 17.6. The average molecular weight is 458 g/mol. The number of carbonyl (C=O) groups is 3. The molecule has 1 saturated carbocycles. The normalized spacial score (nSPS) is 23.7. The van der Waals surface area contributed by atoms with E-state index < -0.39 is 39.0 Å². The molecule has 1 aliphatic carbocycles. The molecular formula is C20H22N6O7. The van der Waals surface area contributed by atoms with Crippen molar-refractivity contribution in [2.75, 3.05) is 25.1 Å². The van der Waals surface area contributed by atoms with Crippen molar-refractivity contribution < 1.29 is 24.2 Å². The van der Waals surface area contributed by atoms with Gasteiger partial charge in [0.2, 0.25) is 17.7 Å². The van der Waals surface area contributed by atoms with E-state index in [-0.39, 0.29) is 30.5 Å². The Morgan fingerprint density at radius 1 is 1.09 bits per heavy atom. The predicted molar refractivity (Wildman–Crippen MR) is 114 cm³/mol. The monoisotopic (exact) mass is 458 g/mol. The van der Waals surface area contributed by atoms with Crippen LogP contribution >= 0.6 is 0 Å². The third-order valence-corrected chi connectivity index (χ3v) is 6.33. The second-order valence-corrected chi connectivity index (χ2v) is 8.31. The Balaban J connectivity index is 1.44. The van der Waals surface area contributed by atoms with E-state index >= 15 is 0 Å². The first-order valence-corrected chi connectivity index (χ1v) is 10.6. The summed E-state index contributed by atoms with van der Waals surface area (Å²) in [6.45, 7) is 1.03. The number of carbonyl (C=O) groups excluding carboxylic acids is 3. The van der Waals surface area contributed by atoms with E-state index in [1.807, 2.05) is 0 Å². The lowest BCUT2D eigenvalue weighted by Crippen LogP contribution is -2.42. The second kappa shape index (κ2) is 8.92. The first-order chi connectivity index (χ1) is 15.8. The molecule has 0 radical (unpaired) electrons. The number of rotatable bonds is 6. The van der Waals surface area contributed by atoms with Gasteiger partial charge in [0.25, 0.3) is 5.69 Å². The minimum Gasteiger partial charge on any atom is -0.341 e. The van der Waals surface area contributed by atoms with Crippen molar-refractivity contribution in [3.05, 3.63) is 38.4 Å². The van der Waals surface area contributed by atoms with Gasteiger partial charge in [-0.15, -0.1) is 0 Å². The summed E-state index contributed by atoms with van der Waals surface area (Å²) in [5, 5.41) is 26.3. The maximum absolute atomic E-state index is 12.9. The summed E-state index contributed by atoms with van der Waals surface area (Å²) in [6.07, 6.45) is 2.81. The number of hydrogen-bond donors (Lipinski definition) is 1. The minimum atomic E-state index is -0.749. The van der Waals surface area contributed by atoms with Crippen molar-refractivity contribution in [1.82, 2.24) is 9.80 Å². The van der Waals surface area contributed by atoms with E-state index in [4.69, 9.17) is 0 Å². The number of hydrazone groups is 1. The number of non-ortho nitro benzene ring substituents is 1. The fourth-order valence-electron chi connectivity index (χ4n) is 4.56. The molecule has 2 aliphatic heterocycles. The van der Waals surface area contributed by atoms with Crippen molar-refractivity contribution in [1.29, 1.82) is 0 Å². The standard InChI is InChI=1S/C20H22N6O7/c27-18(23-7-1-2-8-23)11-24-19(28)14-5-3-12(9-15(14)20(24)29)21-22-16-6-4-13(25(30)31)10-17(16)26(32)33/h4,6,10,14-15,22H,1-3,5,7-9,11H2/b21-12-. The van der Waals surface area contributed by atoms with Crippen molar-refractivity contribution in [2.24, 2.45) is 16.9 Å². The topological polar surface area (TPSA) is 168 Å². The van der Waals surface area contributed by atoms with Crippen LogP contribution in [0.2, 0.25) is 0 Å². The van der Waals surface area contributed by atoms with E-state index in [0.717, 1.165) is 29.9 Å². The molecule has 13 heteroatoms. The van der Waals surface area contributed by atoms with Crippen molar-refractivity contribution >= 4 is 40.5 Å². The number of nitrogens with zero attached hydrogens (tertiary/aromatic N) is 5. The Bertz CT molecular complexity index is 1060. The minimum absolute atomic E-state index is 0.0214. The molecule has 0 spiro atoms. The molecule has 1 N–H and O–H groups in total. The van der Waals surface area contributed by atoms with Gasteiger partial charge in [-0.25, -0.2) is 0 Å². The largest absolute Gasteiger partial charge is 0.341 e. The van der Waals surface area contributed by atoms with Crippen molar-refractivity contribution in [2.45, 2.75) is 32.1 Å². The van der Waals surface area contributed by atoms with Gasteiger partial charge < -0.3 is 4.90 Å². The summed E-state index contributed by atoms with van der Waals surface area (Å²) in [7, 11) is 0. The first-order valence-electron chi connectivity index (χ1n) is 10.6. The number of nitrogens with one attached hydrogen (secondary N) is 1. The van der Waals surface area contributed by atoms with Crippen LogP contribution in [0.3, 0.4) is 0 Å². The third-order valence-electron chi connectivity index (χ3n) is 6.33. The van der Waals surface area contributed by atoms with Crippen LogP contribution in [0.1, 0.15) is 32.1 Å². The zero-order valence-corrected chi connectivity index (χ0v) is 17.6. The number of nitro groups is 2. The van der Waals surface area contributed by atoms with Crippen LogP contribution in [-0.2, 0) is 14.4 Å². The van der Waals surface area contributed by atoms with E-state index in [1.165, 1.54) is 6.07 Å². The maximum atomic E-state index is 12.9. The van der Waals surface area contributed by atoms with Gasteiger partial charge in [0.15, 0.2) is 0 Å². The Morgan fingerprint density at radius 3 is 2.45 bits per heavy atom. The number of likely N-dealkylation sites (tertiary alicyclic amines) is 2. The van der Waals surface area contributed by atoms with E-state index in [9.17, 15) is 34.6 Å². The van der Waals surface area contributed by atoms with Crippen LogP contribution in [0.5, 0.6) is 0 Å². The molecule has 3 aliphatic rings. The SMILES string of the molecule is O=C(CN1C(=O)C2CC/C(=N/Nc3ccc([N+](=O)[O-])cc3[N+](=O)[O-])CC2C1=O)N1CCCC1. The average Bonchev–Trinajstić information content (AvgIpc) is 3.41.